The number of oxazole rings is 1. The van der Waals surface area contributed by atoms with Gasteiger partial charge in [0.2, 0.25) is 5.91 Å². The first-order valence-corrected chi connectivity index (χ1v) is 5.84. The van der Waals surface area contributed by atoms with Crippen LogP contribution in [0, 0.1) is 0 Å². The van der Waals surface area contributed by atoms with Crippen molar-refractivity contribution in [1.29, 1.82) is 0 Å². The van der Waals surface area contributed by atoms with Crippen LogP contribution in [-0.2, 0) is 9.53 Å². The van der Waals surface area contributed by atoms with Crippen molar-refractivity contribution in [2.45, 2.75) is 0 Å². The Morgan fingerprint density at radius 1 is 1.53 bits per heavy atom. The van der Waals surface area contributed by atoms with Crippen LogP contribution in [0.4, 0.5) is 11.7 Å². The molecule has 2 aromatic rings. The molecular formula is C12H16N4O3. The summed E-state index contributed by atoms with van der Waals surface area (Å²) in [5.74, 6) is -0.154. The summed E-state index contributed by atoms with van der Waals surface area (Å²) in [6.45, 7) is 1.04. The number of ether oxygens (including phenoxy) is 1. The lowest BCUT2D eigenvalue weighted by Crippen LogP contribution is -2.32. The van der Waals surface area contributed by atoms with Crippen molar-refractivity contribution in [2.75, 3.05) is 37.9 Å². The zero-order chi connectivity index (χ0) is 13.7. The minimum atomic E-state index is -0.154. The molecular weight excluding hydrogens is 248 g/mol. The summed E-state index contributed by atoms with van der Waals surface area (Å²) in [4.78, 5) is 15.6. The molecule has 0 saturated heterocycles. The highest BCUT2D eigenvalue weighted by Gasteiger charge is 2.07. The molecule has 1 amide bonds. The van der Waals surface area contributed by atoms with Crippen LogP contribution in [0.15, 0.2) is 22.6 Å². The van der Waals surface area contributed by atoms with E-state index in [9.17, 15) is 4.79 Å². The van der Waals surface area contributed by atoms with E-state index in [2.05, 4.69) is 15.6 Å². The fraction of sp³-hybridized carbons (Fsp3) is 0.333. The fourth-order valence-electron chi connectivity index (χ4n) is 1.53. The Labute approximate surface area is 110 Å². The summed E-state index contributed by atoms with van der Waals surface area (Å²) in [6.07, 6.45) is 0. The molecule has 102 valence electrons. The number of nitrogen functional groups attached to an aromatic ring is 1. The van der Waals surface area contributed by atoms with Gasteiger partial charge in [0.25, 0.3) is 6.01 Å². The molecule has 0 unspecified atom stereocenters. The number of fused-ring (bicyclic) bond motifs is 1. The maximum absolute atomic E-state index is 11.4. The van der Waals surface area contributed by atoms with Crippen LogP contribution in [0.5, 0.6) is 0 Å². The summed E-state index contributed by atoms with van der Waals surface area (Å²) < 4.78 is 10.2. The third-order valence-corrected chi connectivity index (χ3v) is 2.44. The van der Waals surface area contributed by atoms with Crippen molar-refractivity contribution in [1.82, 2.24) is 10.3 Å². The van der Waals surface area contributed by atoms with Gasteiger partial charge in [-0.1, -0.05) is 0 Å². The Bertz CT molecular complexity index is 567. The quantitative estimate of drug-likeness (QED) is 0.521. The van der Waals surface area contributed by atoms with Crippen molar-refractivity contribution in [3.63, 3.8) is 0 Å². The Hall–Kier alpha value is -2.28. The molecule has 0 fully saturated rings. The SMILES string of the molecule is COCCNC(=O)CNc1nc2ccc(N)cc2o1. The monoisotopic (exact) mass is 264 g/mol. The average Bonchev–Trinajstić information content (AvgIpc) is 2.78. The van der Waals surface area contributed by atoms with Crippen LogP contribution in [0.1, 0.15) is 0 Å². The van der Waals surface area contributed by atoms with Gasteiger partial charge in [-0.05, 0) is 12.1 Å². The Morgan fingerprint density at radius 2 is 2.37 bits per heavy atom. The molecule has 7 nitrogen and oxygen atoms in total. The average molecular weight is 264 g/mol. The van der Waals surface area contributed by atoms with E-state index in [1.807, 2.05) is 0 Å². The first-order valence-electron chi connectivity index (χ1n) is 5.84. The normalized spacial score (nSPS) is 10.6. The molecule has 1 heterocycles. The predicted molar refractivity (Wildman–Crippen MR) is 71.8 cm³/mol. The Kier molecular flexibility index (Phi) is 4.19. The third kappa shape index (κ3) is 3.59. The number of carbonyl (C=O) groups is 1. The van der Waals surface area contributed by atoms with E-state index in [-0.39, 0.29) is 12.5 Å². The summed E-state index contributed by atoms with van der Waals surface area (Å²) >= 11 is 0. The second-order valence-electron chi connectivity index (χ2n) is 3.94. The second-order valence-corrected chi connectivity index (χ2v) is 3.94. The molecule has 19 heavy (non-hydrogen) atoms. The molecule has 4 N–H and O–H groups in total. The van der Waals surface area contributed by atoms with Crippen molar-refractivity contribution in [3.05, 3.63) is 18.2 Å². The van der Waals surface area contributed by atoms with Gasteiger partial charge >= 0.3 is 0 Å². The van der Waals surface area contributed by atoms with Crippen LogP contribution < -0.4 is 16.4 Å². The number of hydrogen-bond donors (Lipinski definition) is 3. The lowest BCUT2D eigenvalue weighted by atomic mass is 10.3. The predicted octanol–water partition coefficient (Wildman–Crippen LogP) is 0.585. The number of hydrogen-bond acceptors (Lipinski definition) is 6. The molecule has 0 aliphatic rings. The van der Waals surface area contributed by atoms with Gasteiger partial charge in [0.15, 0.2) is 5.58 Å². The fourth-order valence-corrected chi connectivity index (χ4v) is 1.53. The number of nitrogens with two attached hydrogens (primary N) is 1. The lowest BCUT2D eigenvalue weighted by molar-refractivity contribution is -0.119. The topological polar surface area (TPSA) is 102 Å². The van der Waals surface area contributed by atoms with Crippen molar-refractivity contribution in [2.24, 2.45) is 0 Å². The van der Waals surface area contributed by atoms with Gasteiger partial charge in [0, 0.05) is 25.4 Å². The van der Waals surface area contributed by atoms with Gasteiger partial charge in [0.05, 0.1) is 13.2 Å². The largest absolute Gasteiger partial charge is 0.423 e. The number of rotatable bonds is 6. The zero-order valence-corrected chi connectivity index (χ0v) is 10.6. The lowest BCUT2D eigenvalue weighted by Gasteiger charge is -2.04. The van der Waals surface area contributed by atoms with Gasteiger partial charge in [-0.3, -0.25) is 4.79 Å². The molecule has 0 bridgehead atoms. The Balaban J connectivity index is 1.89. The first-order chi connectivity index (χ1) is 9.19. The molecule has 1 aromatic heterocycles. The van der Waals surface area contributed by atoms with Gasteiger partial charge in [-0.2, -0.15) is 4.98 Å². The number of nitrogens with one attached hydrogen (secondary N) is 2. The van der Waals surface area contributed by atoms with E-state index in [1.165, 1.54) is 0 Å². The maximum atomic E-state index is 11.4. The van der Waals surface area contributed by atoms with E-state index < -0.39 is 0 Å². The molecule has 0 aliphatic heterocycles. The van der Waals surface area contributed by atoms with Gasteiger partial charge in [-0.15, -0.1) is 0 Å². The number of nitrogens with zero attached hydrogens (tertiary/aromatic N) is 1. The molecule has 2 rings (SSSR count). The smallest absolute Gasteiger partial charge is 0.296 e. The third-order valence-electron chi connectivity index (χ3n) is 2.44. The zero-order valence-electron chi connectivity index (χ0n) is 10.6. The molecule has 1 aromatic carbocycles. The minimum Gasteiger partial charge on any atom is -0.423 e. The molecule has 0 aliphatic carbocycles. The maximum Gasteiger partial charge on any atom is 0.296 e. The van der Waals surface area contributed by atoms with Crippen LogP contribution in [0.3, 0.4) is 0 Å². The highest BCUT2D eigenvalue weighted by atomic mass is 16.5. The van der Waals surface area contributed by atoms with E-state index in [0.717, 1.165) is 0 Å². The second kappa shape index (κ2) is 6.05. The number of amides is 1. The highest BCUT2D eigenvalue weighted by Crippen LogP contribution is 2.20. The number of methoxy groups -OCH3 is 1. The highest BCUT2D eigenvalue weighted by molar-refractivity contribution is 5.81. The summed E-state index contributed by atoms with van der Waals surface area (Å²) in [6, 6.07) is 5.48. The molecule has 0 radical (unpaired) electrons. The summed E-state index contributed by atoms with van der Waals surface area (Å²) in [5.41, 5.74) is 7.52. The number of aromatic nitrogens is 1. The van der Waals surface area contributed by atoms with E-state index in [4.69, 9.17) is 14.9 Å². The van der Waals surface area contributed by atoms with E-state index in [0.29, 0.717) is 36.0 Å². The summed E-state index contributed by atoms with van der Waals surface area (Å²) in [5, 5.41) is 5.49. The van der Waals surface area contributed by atoms with Crippen molar-refractivity contribution < 1.29 is 13.9 Å². The molecule has 0 spiro atoms. The van der Waals surface area contributed by atoms with E-state index in [1.54, 1.807) is 25.3 Å². The summed E-state index contributed by atoms with van der Waals surface area (Å²) in [7, 11) is 1.58. The van der Waals surface area contributed by atoms with Gasteiger partial charge < -0.3 is 25.5 Å². The van der Waals surface area contributed by atoms with Crippen LogP contribution in [0.25, 0.3) is 11.1 Å². The molecule has 0 atom stereocenters. The number of benzene rings is 1. The Morgan fingerprint density at radius 3 is 3.16 bits per heavy atom. The van der Waals surface area contributed by atoms with Gasteiger partial charge in [0.1, 0.15) is 5.52 Å². The van der Waals surface area contributed by atoms with Crippen LogP contribution in [-0.4, -0.2) is 37.7 Å². The van der Waals surface area contributed by atoms with Gasteiger partial charge in [-0.25, -0.2) is 0 Å². The number of anilines is 2. The van der Waals surface area contributed by atoms with Crippen molar-refractivity contribution in [3.8, 4) is 0 Å². The van der Waals surface area contributed by atoms with Crippen LogP contribution in [0.2, 0.25) is 0 Å². The number of carbonyl (C=O) groups excluding carboxylic acids is 1. The minimum absolute atomic E-state index is 0.0893. The van der Waals surface area contributed by atoms with Crippen molar-refractivity contribution >= 4 is 28.7 Å². The molecule has 0 saturated carbocycles. The first kappa shape index (κ1) is 13.2. The van der Waals surface area contributed by atoms with E-state index >= 15 is 0 Å². The standard InChI is InChI=1S/C12H16N4O3/c1-18-5-4-14-11(17)7-15-12-16-9-3-2-8(13)6-10(9)19-12/h2-3,6H,4-5,7,13H2,1H3,(H,14,17)(H,15,16). The molecule has 7 heteroatoms. The van der Waals surface area contributed by atoms with Crippen LogP contribution >= 0.6 is 0 Å².